The summed E-state index contributed by atoms with van der Waals surface area (Å²) in [6.45, 7) is 3.84. The Morgan fingerprint density at radius 1 is 1.31 bits per heavy atom. The average Bonchev–Trinajstić information content (AvgIpc) is 2.33. The molecule has 0 bridgehead atoms. The highest BCUT2D eigenvalue weighted by Crippen LogP contribution is 2.35. The molecule has 0 aromatic heterocycles. The predicted octanol–water partition coefficient (Wildman–Crippen LogP) is 2.61. The van der Waals surface area contributed by atoms with E-state index in [0.29, 0.717) is 11.5 Å². The summed E-state index contributed by atoms with van der Waals surface area (Å²) >= 11 is 0. The lowest BCUT2D eigenvalue weighted by molar-refractivity contribution is 0.385. The Morgan fingerprint density at radius 2 is 2.00 bits per heavy atom. The van der Waals surface area contributed by atoms with Crippen LogP contribution in [-0.2, 0) is 0 Å². The molecule has 0 aliphatic carbocycles. The van der Waals surface area contributed by atoms with Gasteiger partial charge in [-0.3, -0.25) is 0 Å². The molecule has 0 saturated carbocycles. The summed E-state index contributed by atoms with van der Waals surface area (Å²) in [7, 11) is 1.62. The third-order valence-electron chi connectivity index (χ3n) is 3.35. The molecular formula is C13H18FNO. The van der Waals surface area contributed by atoms with Crippen LogP contribution in [0.25, 0.3) is 0 Å². The van der Waals surface area contributed by atoms with Crippen LogP contribution in [0.1, 0.15) is 29.9 Å². The van der Waals surface area contributed by atoms with Crippen molar-refractivity contribution < 1.29 is 9.13 Å². The number of hydrogen-bond acceptors (Lipinski definition) is 2. The fraction of sp³-hybridized carbons (Fsp3) is 0.538. The van der Waals surface area contributed by atoms with E-state index in [4.69, 9.17) is 4.74 Å². The first-order valence-electron chi connectivity index (χ1n) is 5.77. The molecule has 0 atom stereocenters. The SMILES string of the molecule is COc1c(C2CCNCC2)ccc(F)c1C. The number of ether oxygens (including phenoxy) is 1. The average molecular weight is 223 g/mol. The summed E-state index contributed by atoms with van der Waals surface area (Å²) in [6.07, 6.45) is 2.20. The molecule has 1 fully saturated rings. The number of halogens is 1. The smallest absolute Gasteiger partial charge is 0.129 e. The van der Waals surface area contributed by atoms with Gasteiger partial charge >= 0.3 is 0 Å². The third-order valence-corrected chi connectivity index (χ3v) is 3.35. The summed E-state index contributed by atoms with van der Waals surface area (Å²) in [5.74, 6) is 1.04. The standard InChI is InChI=1S/C13H18FNO/c1-9-12(14)4-3-11(13(9)16-2)10-5-7-15-8-6-10/h3-4,10,15H,5-8H2,1-2H3. The second-order valence-electron chi connectivity index (χ2n) is 4.32. The van der Waals surface area contributed by atoms with E-state index >= 15 is 0 Å². The number of piperidine rings is 1. The lowest BCUT2D eigenvalue weighted by Gasteiger charge is -2.25. The van der Waals surface area contributed by atoms with Crippen LogP contribution in [0.5, 0.6) is 5.75 Å². The molecule has 0 amide bonds. The van der Waals surface area contributed by atoms with Crippen LogP contribution < -0.4 is 10.1 Å². The second-order valence-corrected chi connectivity index (χ2v) is 4.32. The highest BCUT2D eigenvalue weighted by atomic mass is 19.1. The van der Waals surface area contributed by atoms with Crippen molar-refractivity contribution in [3.8, 4) is 5.75 Å². The first-order chi connectivity index (χ1) is 7.74. The number of hydrogen-bond donors (Lipinski definition) is 1. The van der Waals surface area contributed by atoms with Crippen molar-refractivity contribution >= 4 is 0 Å². The summed E-state index contributed by atoms with van der Waals surface area (Å²) in [6, 6.07) is 3.42. The van der Waals surface area contributed by atoms with Gasteiger partial charge in [-0.25, -0.2) is 4.39 Å². The molecule has 88 valence electrons. The van der Waals surface area contributed by atoms with Crippen molar-refractivity contribution in [3.63, 3.8) is 0 Å². The van der Waals surface area contributed by atoms with Gasteiger partial charge in [-0.05, 0) is 50.4 Å². The molecule has 0 radical (unpaired) electrons. The Hall–Kier alpha value is -1.09. The van der Waals surface area contributed by atoms with Crippen molar-refractivity contribution in [2.24, 2.45) is 0 Å². The number of nitrogens with one attached hydrogen (secondary N) is 1. The molecular weight excluding hydrogens is 205 g/mol. The number of methoxy groups -OCH3 is 1. The summed E-state index contributed by atoms with van der Waals surface area (Å²) in [4.78, 5) is 0. The lowest BCUT2D eigenvalue weighted by atomic mass is 9.88. The van der Waals surface area contributed by atoms with Crippen molar-refractivity contribution in [1.29, 1.82) is 0 Å². The van der Waals surface area contributed by atoms with Gasteiger partial charge in [0.05, 0.1) is 7.11 Å². The molecule has 1 aromatic carbocycles. The van der Waals surface area contributed by atoms with Crippen LogP contribution in [0.2, 0.25) is 0 Å². The minimum absolute atomic E-state index is 0.186. The quantitative estimate of drug-likeness (QED) is 0.832. The van der Waals surface area contributed by atoms with E-state index in [-0.39, 0.29) is 5.82 Å². The minimum atomic E-state index is -0.186. The second kappa shape index (κ2) is 4.83. The van der Waals surface area contributed by atoms with E-state index in [1.54, 1.807) is 20.1 Å². The van der Waals surface area contributed by atoms with Crippen LogP contribution >= 0.6 is 0 Å². The van der Waals surface area contributed by atoms with Crippen LogP contribution in [0.4, 0.5) is 4.39 Å². The normalized spacial score (nSPS) is 17.4. The van der Waals surface area contributed by atoms with Gasteiger partial charge in [0.15, 0.2) is 0 Å². The largest absolute Gasteiger partial charge is 0.496 e. The van der Waals surface area contributed by atoms with E-state index in [9.17, 15) is 4.39 Å². The van der Waals surface area contributed by atoms with Gasteiger partial charge in [-0.2, -0.15) is 0 Å². The van der Waals surface area contributed by atoms with Crippen LogP contribution in [0, 0.1) is 12.7 Å². The Balaban J connectivity index is 2.35. The Kier molecular flexibility index (Phi) is 3.44. The highest BCUT2D eigenvalue weighted by Gasteiger charge is 2.21. The zero-order valence-electron chi connectivity index (χ0n) is 9.85. The molecule has 16 heavy (non-hydrogen) atoms. The topological polar surface area (TPSA) is 21.3 Å². The van der Waals surface area contributed by atoms with Gasteiger partial charge in [-0.15, -0.1) is 0 Å². The van der Waals surface area contributed by atoms with E-state index in [1.165, 1.54) is 0 Å². The molecule has 1 heterocycles. The fourth-order valence-electron chi connectivity index (χ4n) is 2.41. The maximum atomic E-state index is 13.4. The molecule has 0 unspecified atom stereocenters. The molecule has 2 nitrogen and oxygen atoms in total. The molecule has 1 aromatic rings. The number of benzene rings is 1. The van der Waals surface area contributed by atoms with Crippen molar-refractivity contribution in [3.05, 3.63) is 29.1 Å². The van der Waals surface area contributed by atoms with Crippen LogP contribution in [0.3, 0.4) is 0 Å². The van der Waals surface area contributed by atoms with E-state index < -0.39 is 0 Å². The van der Waals surface area contributed by atoms with E-state index in [1.807, 2.05) is 6.07 Å². The highest BCUT2D eigenvalue weighted by molar-refractivity contribution is 5.43. The van der Waals surface area contributed by atoms with Crippen LogP contribution in [-0.4, -0.2) is 20.2 Å². The maximum Gasteiger partial charge on any atom is 0.129 e. The summed E-state index contributed by atoms with van der Waals surface area (Å²) in [5, 5.41) is 3.33. The van der Waals surface area contributed by atoms with Gasteiger partial charge in [0.1, 0.15) is 11.6 Å². The zero-order valence-corrected chi connectivity index (χ0v) is 9.85. The van der Waals surface area contributed by atoms with E-state index in [0.717, 1.165) is 37.2 Å². The first-order valence-corrected chi connectivity index (χ1v) is 5.77. The Labute approximate surface area is 95.8 Å². The fourth-order valence-corrected chi connectivity index (χ4v) is 2.41. The molecule has 1 N–H and O–H groups in total. The molecule has 1 aliphatic heterocycles. The molecule has 2 rings (SSSR count). The molecule has 3 heteroatoms. The Morgan fingerprint density at radius 3 is 2.62 bits per heavy atom. The van der Waals surface area contributed by atoms with Gasteiger partial charge < -0.3 is 10.1 Å². The van der Waals surface area contributed by atoms with Gasteiger partial charge in [0, 0.05) is 5.56 Å². The maximum absolute atomic E-state index is 13.4. The van der Waals surface area contributed by atoms with Crippen molar-refractivity contribution in [2.45, 2.75) is 25.7 Å². The predicted molar refractivity (Wildman–Crippen MR) is 62.5 cm³/mol. The Bertz CT molecular complexity index is 372. The zero-order chi connectivity index (χ0) is 11.5. The molecule has 1 aliphatic rings. The molecule has 0 spiro atoms. The van der Waals surface area contributed by atoms with Crippen molar-refractivity contribution in [2.75, 3.05) is 20.2 Å². The summed E-state index contributed by atoms with van der Waals surface area (Å²) < 4.78 is 18.8. The first kappa shape index (κ1) is 11.4. The van der Waals surface area contributed by atoms with Gasteiger partial charge in [-0.1, -0.05) is 6.07 Å². The minimum Gasteiger partial charge on any atom is -0.496 e. The van der Waals surface area contributed by atoms with Gasteiger partial charge in [0.25, 0.3) is 0 Å². The lowest BCUT2D eigenvalue weighted by Crippen LogP contribution is -2.26. The van der Waals surface area contributed by atoms with Crippen LogP contribution in [0.15, 0.2) is 12.1 Å². The van der Waals surface area contributed by atoms with Gasteiger partial charge in [0.2, 0.25) is 0 Å². The third kappa shape index (κ3) is 2.05. The van der Waals surface area contributed by atoms with E-state index in [2.05, 4.69) is 5.32 Å². The molecule has 1 saturated heterocycles. The van der Waals surface area contributed by atoms with Crippen molar-refractivity contribution in [1.82, 2.24) is 5.32 Å². The monoisotopic (exact) mass is 223 g/mol. The number of rotatable bonds is 2. The summed E-state index contributed by atoms with van der Waals surface area (Å²) in [5.41, 5.74) is 1.78.